The molecule has 1 aliphatic heterocycles. The van der Waals surface area contributed by atoms with Crippen LogP contribution in [0.4, 0.5) is 4.39 Å². The van der Waals surface area contributed by atoms with E-state index in [1.165, 1.54) is 11.0 Å². The molecule has 148 valence electrons. The fourth-order valence-electron chi connectivity index (χ4n) is 2.74. The molecule has 0 aliphatic carbocycles. The van der Waals surface area contributed by atoms with E-state index in [0.717, 1.165) is 26.2 Å². The fourth-order valence-corrected chi connectivity index (χ4v) is 2.96. The molecule has 0 aromatic heterocycles. The van der Waals surface area contributed by atoms with E-state index >= 15 is 0 Å². The lowest BCUT2D eigenvalue weighted by molar-refractivity contribution is -0.127. The molecule has 2 rings (SSSR count). The van der Waals surface area contributed by atoms with Crippen LogP contribution in [0.3, 0.4) is 0 Å². The summed E-state index contributed by atoms with van der Waals surface area (Å²) in [5.41, 5.74) is 0.530. The van der Waals surface area contributed by atoms with Crippen molar-refractivity contribution in [1.82, 2.24) is 20.0 Å². The van der Waals surface area contributed by atoms with Gasteiger partial charge in [-0.3, -0.25) is 9.69 Å². The predicted octanol–water partition coefficient (Wildman–Crippen LogP) is 1.82. The van der Waals surface area contributed by atoms with Gasteiger partial charge < -0.3 is 15.1 Å². The number of nitrogens with zero attached hydrogens (tertiary/aromatic N) is 4. The number of amides is 1. The summed E-state index contributed by atoms with van der Waals surface area (Å²) >= 11 is 6.13. The molecule has 1 saturated heterocycles. The number of aliphatic imine (C=N–C) groups is 1. The van der Waals surface area contributed by atoms with Gasteiger partial charge in [0.25, 0.3) is 0 Å². The SMILES string of the molecule is C=CCNC(=NCC(=O)N(C)C)N1CCN(Cc2c(F)cccc2Cl)CC1. The van der Waals surface area contributed by atoms with E-state index in [-0.39, 0.29) is 18.3 Å². The highest BCUT2D eigenvalue weighted by Crippen LogP contribution is 2.21. The fraction of sp³-hybridized carbons (Fsp3) is 0.474. The van der Waals surface area contributed by atoms with Gasteiger partial charge in [0, 0.05) is 63.9 Å². The van der Waals surface area contributed by atoms with Crippen molar-refractivity contribution in [1.29, 1.82) is 0 Å². The topological polar surface area (TPSA) is 51.2 Å². The van der Waals surface area contributed by atoms with Crippen molar-refractivity contribution < 1.29 is 9.18 Å². The normalized spacial score (nSPS) is 15.6. The van der Waals surface area contributed by atoms with Crippen LogP contribution in [0, 0.1) is 5.82 Å². The molecule has 0 unspecified atom stereocenters. The van der Waals surface area contributed by atoms with E-state index < -0.39 is 0 Å². The van der Waals surface area contributed by atoms with Gasteiger partial charge >= 0.3 is 0 Å². The van der Waals surface area contributed by atoms with E-state index in [0.29, 0.717) is 29.6 Å². The number of likely N-dealkylation sites (N-methyl/N-ethyl adjacent to an activating group) is 1. The Bertz CT molecular complexity index is 666. The number of benzene rings is 1. The van der Waals surface area contributed by atoms with Crippen molar-refractivity contribution in [3.8, 4) is 0 Å². The zero-order valence-corrected chi connectivity index (χ0v) is 16.7. The van der Waals surface area contributed by atoms with Crippen molar-refractivity contribution in [3.63, 3.8) is 0 Å². The Morgan fingerprint density at radius 3 is 2.67 bits per heavy atom. The Morgan fingerprint density at radius 2 is 2.07 bits per heavy atom. The van der Waals surface area contributed by atoms with Crippen molar-refractivity contribution in [2.45, 2.75) is 6.54 Å². The molecule has 1 fully saturated rings. The van der Waals surface area contributed by atoms with Crippen molar-refractivity contribution in [2.24, 2.45) is 4.99 Å². The smallest absolute Gasteiger partial charge is 0.243 e. The molecule has 6 nitrogen and oxygen atoms in total. The van der Waals surface area contributed by atoms with Gasteiger partial charge in [-0.05, 0) is 12.1 Å². The van der Waals surface area contributed by atoms with Crippen LogP contribution in [0.25, 0.3) is 0 Å². The quantitative estimate of drug-likeness (QED) is 0.453. The molecule has 0 radical (unpaired) electrons. The summed E-state index contributed by atoms with van der Waals surface area (Å²) in [5, 5.41) is 3.66. The highest BCUT2D eigenvalue weighted by Gasteiger charge is 2.21. The molecule has 0 atom stereocenters. The third kappa shape index (κ3) is 6.22. The molecule has 0 bridgehead atoms. The number of halogens is 2. The molecule has 1 N–H and O–H groups in total. The van der Waals surface area contributed by atoms with E-state index in [2.05, 4.69) is 26.7 Å². The minimum Gasteiger partial charge on any atom is -0.353 e. The summed E-state index contributed by atoms with van der Waals surface area (Å²) in [6.45, 7) is 7.81. The summed E-state index contributed by atoms with van der Waals surface area (Å²) < 4.78 is 14.0. The zero-order valence-electron chi connectivity index (χ0n) is 15.9. The number of nitrogens with one attached hydrogen (secondary N) is 1. The summed E-state index contributed by atoms with van der Waals surface area (Å²) in [6.07, 6.45) is 1.75. The van der Waals surface area contributed by atoms with Crippen LogP contribution in [0.5, 0.6) is 0 Å². The second kappa shape index (κ2) is 10.3. The standard InChI is InChI=1S/C19H27ClFN5O/c1-4-8-22-19(23-13-18(27)24(2)3)26-11-9-25(10-12-26)14-15-16(20)6-5-7-17(15)21/h4-7H,1,8-14H2,2-3H3,(H,22,23). The summed E-state index contributed by atoms with van der Waals surface area (Å²) in [7, 11) is 3.42. The Labute approximate surface area is 165 Å². The molecule has 1 heterocycles. The van der Waals surface area contributed by atoms with Crippen LogP contribution in [0.1, 0.15) is 5.56 Å². The largest absolute Gasteiger partial charge is 0.353 e. The van der Waals surface area contributed by atoms with Crippen LogP contribution in [-0.2, 0) is 11.3 Å². The van der Waals surface area contributed by atoms with Gasteiger partial charge in [0.1, 0.15) is 12.4 Å². The molecule has 0 spiro atoms. The number of carbonyl (C=O) groups excluding carboxylic acids is 1. The molecular formula is C19H27ClFN5O. The summed E-state index contributed by atoms with van der Waals surface area (Å²) in [5.74, 6) is 0.358. The first-order chi connectivity index (χ1) is 12.9. The average molecular weight is 396 g/mol. The maximum absolute atomic E-state index is 14.0. The Morgan fingerprint density at radius 1 is 1.37 bits per heavy atom. The van der Waals surface area contributed by atoms with Crippen molar-refractivity contribution in [3.05, 3.63) is 47.3 Å². The van der Waals surface area contributed by atoms with Crippen molar-refractivity contribution in [2.75, 3.05) is 53.4 Å². The van der Waals surface area contributed by atoms with Gasteiger partial charge in [0.15, 0.2) is 5.96 Å². The minimum atomic E-state index is -0.276. The third-order valence-electron chi connectivity index (χ3n) is 4.38. The molecule has 1 aromatic carbocycles. The maximum Gasteiger partial charge on any atom is 0.243 e. The Hall–Kier alpha value is -2.12. The van der Waals surface area contributed by atoms with Gasteiger partial charge in [-0.1, -0.05) is 23.7 Å². The predicted molar refractivity (Wildman–Crippen MR) is 107 cm³/mol. The molecule has 8 heteroatoms. The Kier molecular flexibility index (Phi) is 8.06. The highest BCUT2D eigenvalue weighted by molar-refractivity contribution is 6.31. The van der Waals surface area contributed by atoms with Crippen LogP contribution in [0.15, 0.2) is 35.8 Å². The van der Waals surface area contributed by atoms with E-state index in [1.807, 2.05) is 0 Å². The number of rotatable bonds is 6. The van der Waals surface area contributed by atoms with Crippen LogP contribution in [0.2, 0.25) is 5.02 Å². The van der Waals surface area contributed by atoms with E-state index in [4.69, 9.17) is 11.6 Å². The summed E-state index contributed by atoms with van der Waals surface area (Å²) in [4.78, 5) is 22.0. The lowest BCUT2D eigenvalue weighted by Gasteiger charge is -2.36. The van der Waals surface area contributed by atoms with Crippen LogP contribution < -0.4 is 5.32 Å². The molecule has 1 aromatic rings. The second-order valence-electron chi connectivity index (χ2n) is 6.56. The number of guanidine groups is 1. The lowest BCUT2D eigenvalue weighted by atomic mass is 10.2. The van der Waals surface area contributed by atoms with Crippen LogP contribution >= 0.6 is 11.6 Å². The molecule has 0 saturated carbocycles. The third-order valence-corrected chi connectivity index (χ3v) is 4.74. The first kappa shape index (κ1) is 21.2. The van der Waals surface area contributed by atoms with Crippen LogP contribution in [-0.4, -0.2) is 79.9 Å². The zero-order chi connectivity index (χ0) is 19.8. The molecule has 27 heavy (non-hydrogen) atoms. The van der Waals surface area contributed by atoms with Crippen molar-refractivity contribution >= 4 is 23.5 Å². The molecule has 1 aliphatic rings. The number of hydrogen-bond acceptors (Lipinski definition) is 3. The Balaban J connectivity index is 1.96. The number of hydrogen-bond donors (Lipinski definition) is 1. The van der Waals surface area contributed by atoms with E-state index in [1.54, 1.807) is 32.3 Å². The minimum absolute atomic E-state index is 0.0549. The monoisotopic (exact) mass is 395 g/mol. The van der Waals surface area contributed by atoms with Gasteiger partial charge in [-0.25, -0.2) is 9.38 Å². The second-order valence-corrected chi connectivity index (χ2v) is 6.97. The summed E-state index contributed by atoms with van der Waals surface area (Å²) in [6, 6.07) is 4.76. The lowest BCUT2D eigenvalue weighted by Crippen LogP contribution is -2.52. The maximum atomic E-state index is 14.0. The van der Waals surface area contributed by atoms with Gasteiger partial charge in [0.05, 0.1) is 0 Å². The molecule has 1 amide bonds. The first-order valence-corrected chi connectivity index (χ1v) is 9.29. The molecular weight excluding hydrogens is 369 g/mol. The first-order valence-electron chi connectivity index (χ1n) is 8.92. The average Bonchev–Trinajstić information content (AvgIpc) is 2.65. The number of carbonyl (C=O) groups is 1. The van der Waals surface area contributed by atoms with Gasteiger partial charge in [0.2, 0.25) is 5.91 Å². The van der Waals surface area contributed by atoms with E-state index in [9.17, 15) is 9.18 Å². The number of piperazine rings is 1. The highest BCUT2D eigenvalue weighted by atomic mass is 35.5. The van der Waals surface area contributed by atoms with Gasteiger partial charge in [-0.15, -0.1) is 6.58 Å². The van der Waals surface area contributed by atoms with Gasteiger partial charge in [-0.2, -0.15) is 0 Å².